The summed E-state index contributed by atoms with van der Waals surface area (Å²) in [4.78, 5) is 0. The second-order valence-electron chi connectivity index (χ2n) is 8.65. The Labute approximate surface area is 143 Å². The molecule has 3 saturated carbocycles. The van der Waals surface area contributed by atoms with Crippen molar-refractivity contribution in [3.63, 3.8) is 0 Å². The van der Waals surface area contributed by atoms with E-state index < -0.39 is 12.3 Å². The summed E-state index contributed by atoms with van der Waals surface area (Å²) in [5.74, 6) is 1.59. The third-order valence-electron chi connectivity index (χ3n) is 7.42. The van der Waals surface area contributed by atoms with Crippen LogP contribution in [0, 0.1) is 23.7 Å². The number of hydrogen-bond acceptors (Lipinski definition) is 2. The third-order valence-corrected chi connectivity index (χ3v) is 9.27. The van der Waals surface area contributed by atoms with Gasteiger partial charge in [-0.1, -0.05) is 6.42 Å². The van der Waals surface area contributed by atoms with E-state index in [9.17, 15) is 9.50 Å². The first-order valence-electron chi connectivity index (χ1n) is 9.68. The molecule has 4 fully saturated rings. The van der Waals surface area contributed by atoms with Crippen molar-refractivity contribution in [2.24, 2.45) is 23.7 Å². The number of alkyl halides is 2. The zero-order chi connectivity index (χ0) is 16.1. The van der Waals surface area contributed by atoms with Gasteiger partial charge in [0, 0.05) is 10.5 Å². The van der Waals surface area contributed by atoms with Crippen molar-refractivity contribution in [1.29, 1.82) is 0 Å². The fourth-order valence-corrected chi connectivity index (χ4v) is 8.21. The van der Waals surface area contributed by atoms with Crippen molar-refractivity contribution in [2.75, 3.05) is 0 Å². The van der Waals surface area contributed by atoms with Crippen LogP contribution in [0.3, 0.4) is 0 Å². The second-order valence-corrected chi connectivity index (χ2v) is 10.0. The van der Waals surface area contributed by atoms with Gasteiger partial charge in [0.05, 0.1) is 6.10 Å². The molecule has 1 saturated heterocycles. The molecule has 0 spiro atoms. The first kappa shape index (κ1) is 16.7. The van der Waals surface area contributed by atoms with Gasteiger partial charge < -0.3 is 5.11 Å². The minimum Gasteiger partial charge on any atom is -0.393 e. The smallest absolute Gasteiger partial charge is 0.115 e. The number of aliphatic hydroxyl groups is 1. The zero-order valence-corrected chi connectivity index (χ0v) is 14.9. The Balaban J connectivity index is 1.46. The van der Waals surface area contributed by atoms with Crippen LogP contribution in [0.1, 0.15) is 51.4 Å². The zero-order valence-electron chi connectivity index (χ0n) is 14.0. The molecule has 0 aromatic heterocycles. The predicted molar refractivity (Wildman–Crippen MR) is 94.2 cm³/mol. The van der Waals surface area contributed by atoms with E-state index >= 15 is 4.39 Å². The number of aliphatic hydroxyl groups excluding tert-OH is 1. The molecule has 3 aliphatic carbocycles. The summed E-state index contributed by atoms with van der Waals surface area (Å²) in [5.41, 5.74) is 0. The number of fused-ring (bicyclic) bond motifs is 3. The molecule has 0 radical (unpaired) electrons. The van der Waals surface area contributed by atoms with E-state index in [0.717, 1.165) is 51.4 Å². The van der Waals surface area contributed by atoms with Crippen molar-refractivity contribution in [3.05, 3.63) is 0 Å². The van der Waals surface area contributed by atoms with Gasteiger partial charge in [-0.15, -0.1) is 11.8 Å². The topological polar surface area (TPSA) is 20.2 Å². The lowest BCUT2D eigenvalue weighted by Crippen LogP contribution is -2.43. The minimum absolute atomic E-state index is 0.0409. The lowest BCUT2D eigenvalue weighted by atomic mass is 9.62. The van der Waals surface area contributed by atoms with Crippen LogP contribution in [0.5, 0.6) is 0 Å². The molecule has 0 aromatic rings. The highest BCUT2D eigenvalue weighted by atomic mass is 32.2. The van der Waals surface area contributed by atoms with Gasteiger partial charge in [0.15, 0.2) is 0 Å². The Kier molecular flexibility index (Phi) is 4.73. The molecule has 130 valence electrons. The molecule has 8 unspecified atom stereocenters. The van der Waals surface area contributed by atoms with E-state index in [1.165, 1.54) is 0 Å². The maximum Gasteiger partial charge on any atom is 0.115 e. The Hall–Kier alpha value is 0.235. The average Bonchev–Trinajstić information content (AvgIpc) is 2.93. The van der Waals surface area contributed by atoms with Crippen LogP contribution in [0.15, 0.2) is 0 Å². The molecule has 0 bridgehead atoms. The highest BCUT2D eigenvalue weighted by Crippen LogP contribution is 2.59. The maximum atomic E-state index is 15.3. The summed E-state index contributed by atoms with van der Waals surface area (Å²) in [5, 5.41) is 9.79. The number of halogens is 2. The van der Waals surface area contributed by atoms with Crippen molar-refractivity contribution >= 4 is 19.6 Å². The highest BCUT2D eigenvalue weighted by Gasteiger charge is 2.56. The molecular formula is C18H29BF2OS. The first-order valence-corrected chi connectivity index (χ1v) is 10.6. The third kappa shape index (κ3) is 2.88. The molecule has 1 N–H and O–H groups in total. The average molecular weight is 342 g/mol. The summed E-state index contributed by atoms with van der Waals surface area (Å²) in [6.07, 6.45) is 6.14. The van der Waals surface area contributed by atoms with E-state index in [4.69, 9.17) is 0 Å². The fraction of sp³-hybridized carbons (Fsp3) is 1.00. The lowest BCUT2D eigenvalue weighted by molar-refractivity contribution is 0.0292. The first-order chi connectivity index (χ1) is 11.1. The molecule has 1 nitrogen and oxygen atoms in total. The highest BCUT2D eigenvalue weighted by molar-refractivity contribution is 8.00. The van der Waals surface area contributed by atoms with Gasteiger partial charge in [-0.3, -0.25) is 0 Å². The Morgan fingerprint density at radius 3 is 2.00 bits per heavy atom. The molecule has 0 aromatic carbocycles. The molecular weight excluding hydrogens is 313 g/mol. The van der Waals surface area contributed by atoms with Crippen LogP contribution in [0.2, 0.25) is 5.82 Å². The van der Waals surface area contributed by atoms with Crippen LogP contribution in [0.25, 0.3) is 0 Å². The molecule has 4 aliphatic rings. The van der Waals surface area contributed by atoms with Gasteiger partial charge in [0.1, 0.15) is 20.2 Å². The lowest BCUT2D eigenvalue weighted by Gasteiger charge is -2.42. The van der Waals surface area contributed by atoms with Gasteiger partial charge in [-0.05, 0) is 74.4 Å². The van der Waals surface area contributed by atoms with Crippen LogP contribution in [-0.4, -0.2) is 41.9 Å². The largest absolute Gasteiger partial charge is 0.393 e. The fourth-order valence-electron chi connectivity index (χ4n) is 6.00. The van der Waals surface area contributed by atoms with E-state index in [0.29, 0.717) is 17.8 Å². The van der Waals surface area contributed by atoms with E-state index in [1.807, 2.05) is 7.85 Å². The molecule has 1 aliphatic heterocycles. The summed E-state index contributed by atoms with van der Waals surface area (Å²) in [6.45, 7) is 0. The van der Waals surface area contributed by atoms with Gasteiger partial charge in [0.25, 0.3) is 0 Å². The summed E-state index contributed by atoms with van der Waals surface area (Å²) >= 11 is 1.67. The molecule has 5 heteroatoms. The van der Waals surface area contributed by atoms with Crippen LogP contribution in [-0.2, 0) is 0 Å². The van der Waals surface area contributed by atoms with Crippen molar-refractivity contribution < 1.29 is 13.9 Å². The summed E-state index contributed by atoms with van der Waals surface area (Å²) in [6, 6.07) is 0. The van der Waals surface area contributed by atoms with Gasteiger partial charge >= 0.3 is 0 Å². The number of rotatable bonds is 1. The SMILES string of the molecule is BC1CCC2C3CCC(C4CCC(O)CC4)C(F)C3SC2C1F. The van der Waals surface area contributed by atoms with Crippen molar-refractivity contribution in [1.82, 2.24) is 0 Å². The Bertz CT molecular complexity index is 431. The molecule has 4 rings (SSSR count). The second kappa shape index (κ2) is 6.51. The normalized spacial score (nSPS) is 56.8. The number of hydrogen-bond donors (Lipinski definition) is 1. The van der Waals surface area contributed by atoms with Crippen molar-refractivity contribution in [2.45, 2.75) is 86.1 Å². The van der Waals surface area contributed by atoms with Crippen LogP contribution < -0.4 is 0 Å². The summed E-state index contributed by atoms with van der Waals surface area (Å²) < 4.78 is 30.0. The van der Waals surface area contributed by atoms with Crippen LogP contribution in [0.4, 0.5) is 8.78 Å². The molecule has 0 amide bonds. The standard InChI is InChI=1S/C18H29BF2OS/c19-14-8-7-13-12-6-5-11(9-1-3-10(22)4-2-9)15(20)17(12)23-18(13)16(14)21/h9-18,22H,1-8,19H2. The van der Waals surface area contributed by atoms with Gasteiger partial charge in [0.2, 0.25) is 0 Å². The van der Waals surface area contributed by atoms with Crippen molar-refractivity contribution in [3.8, 4) is 0 Å². The number of thioether (sulfide) groups is 1. The maximum absolute atomic E-state index is 15.3. The molecule has 8 atom stereocenters. The van der Waals surface area contributed by atoms with Gasteiger partial charge in [-0.2, -0.15) is 0 Å². The summed E-state index contributed by atoms with van der Waals surface area (Å²) in [7, 11) is 2.02. The predicted octanol–water partition coefficient (Wildman–Crippen LogP) is 3.56. The molecule has 23 heavy (non-hydrogen) atoms. The van der Waals surface area contributed by atoms with E-state index in [2.05, 4.69) is 0 Å². The van der Waals surface area contributed by atoms with Gasteiger partial charge in [-0.25, -0.2) is 8.78 Å². The van der Waals surface area contributed by atoms with Crippen LogP contribution >= 0.6 is 11.8 Å². The Morgan fingerprint density at radius 2 is 1.30 bits per heavy atom. The quantitative estimate of drug-likeness (QED) is 0.736. The molecule has 1 heterocycles. The van der Waals surface area contributed by atoms with E-state index in [-0.39, 0.29) is 28.3 Å². The minimum atomic E-state index is -0.757. The Morgan fingerprint density at radius 1 is 0.739 bits per heavy atom. The monoisotopic (exact) mass is 342 g/mol. The van der Waals surface area contributed by atoms with E-state index in [1.54, 1.807) is 11.8 Å².